The van der Waals surface area contributed by atoms with Crippen LogP contribution in [0, 0.1) is 0 Å². The Bertz CT molecular complexity index is 982. The number of aromatic nitrogens is 3. The van der Waals surface area contributed by atoms with Gasteiger partial charge < -0.3 is 29.2 Å². The maximum atomic E-state index is 13.0. The van der Waals surface area contributed by atoms with Crippen LogP contribution in [0.4, 0.5) is 22.6 Å². The standard InChI is InChI=1S/C28H45N9O3/c38-24(21-32-10-2-1-3-11-32)37-16-8-9-23(37)22-40-28(39)36-19-17-35(18-20-36)27-30-25(33-12-4-5-13-33)29-26(31-27)34-14-6-7-15-34/h23H,1-22H2. The normalized spacial score (nSPS) is 24.3. The minimum atomic E-state index is -0.291. The molecule has 40 heavy (non-hydrogen) atoms. The molecule has 0 aliphatic carbocycles. The lowest BCUT2D eigenvalue weighted by Gasteiger charge is -2.35. The molecule has 1 aromatic heterocycles. The average Bonchev–Trinajstić information content (AvgIpc) is 3.80. The van der Waals surface area contributed by atoms with Gasteiger partial charge >= 0.3 is 6.09 Å². The second-order valence-corrected chi connectivity index (χ2v) is 11.9. The Labute approximate surface area is 237 Å². The Morgan fingerprint density at radius 3 is 1.73 bits per heavy atom. The number of likely N-dealkylation sites (tertiary alicyclic amines) is 2. The van der Waals surface area contributed by atoms with Crippen LogP contribution in [0.1, 0.15) is 57.8 Å². The lowest BCUT2D eigenvalue weighted by molar-refractivity contribution is -0.134. The van der Waals surface area contributed by atoms with Gasteiger partial charge in [0.2, 0.25) is 23.8 Å². The summed E-state index contributed by atoms with van der Waals surface area (Å²) in [4.78, 5) is 53.2. The zero-order chi connectivity index (χ0) is 27.3. The second kappa shape index (κ2) is 12.7. The Hall–Kier alpha value is -2.89. The van der Waals surface area contributed by atoms with E-state index in [-0.39, 0.29) is 24.6 Å². The number of hydrogen-bond donors (Lipinski definition) is 0. The molecule has 0 bridgehead atoms. The molecule has 5 aliphatic heterocycles. The number of piperazine rings is 1. The quantitative estimate of drug-likeness (QED) is 0.495. The van der Waals surface area contributed by atoms with Crippen molar-refractivity contribution in [3.8, 4) is 0 Å². The van der Waals surface area contributed by atoms with Crippen molar-refractivity contribution >= 4 is 29.8 Å². The van der Waals surface area contributed by atoms with Crippen LogP contribution in [-0.2, 0) is 9.53 Å². The molecule has 6 heterocycles. The monoisotopic (exact) mass is 555 g/mol. The first-order chi connectivity index (χ1) is 19.6. The minimum Gasteiger partial charge on any atom is -0.447 e. The van der Waals surface area contributed by atoms with Crippen molar-refractivity contribution in [3.05, 3.63) is 0 Å². The molecule has 1 atom stereocenters. The van der Waals surface area contributed by atoms with Crippen molar-refractivity contribution in [2.24, 2.45) is 0 Å². The van der Waals surface area contributed by atoms with Crippen molar-refractivity contribution in [2.75, 3.05) is 99.8 Å². The molecule has 12 heteroatoms. The van der Waals surface area contributed by atoms with E-state index in [4.69, 9.17) is 19.7 Å². The summed E-state index contributed by atoms with van der Waals surface area (Å²) in [5.74, 6) is 2.44. The predicted molar refractivity (Wildman–Crippen MR) is 153 cm³/mol. The average molecular weight is 556 g/mol. The fourth-order valence-electron chi connectivity index (χ4n) is 6.69. The molecular weight excluding hydrogens is 510 g/mol. The van der Waals surface area contributed by atoms with Crippen LogP contribution in [0.2, 0.25) is 0 Å². The molecule has 5 fully saturated rings. The van der Waals surface area contributed by atoms with Crippen molar-refractivity contribution in [1.82, 2.24) is 29.7 Å². The van der Waals surface area contributed by atoms with Crippen LogP contribution < -0.4 is 14.7 Å². The Morgan fingerprint density at radius 2 is 1.15 bits per heavy atom. The third-order valence-electron chi connectivity index (χ3n) is 9.10. The molecule has 0 N–H and O–H groups in total. The molecule has 0 radical (unpaired) electrons. The van der Waals surface area contributed by atoms with Gasteiger partial charge in [0.25, 0.3) is 0 Å². The van der Waals surface area contributed by atoms with Gasteiger partial charge in [-0.1, -0.05) is 6.42 Å². The van der Waals surface area contributed by atoms with Crippen LogP contribution in [0.15, 0.2) is 0 Å². The molecule has 0 aromatic carbocycles. The summed E-state index contributed by atoms with van der Waals surface area (Å²) in [6, 6.07) is -0.0132. The third kappa shape index (κ3) is 6.37. The van der Waals surface area contributed by atoms with Gasteiger partial charge in [0.1, 0.15) is 6.61 Å². The number of ether oxygens (including phenoxy) is 1. The molecular formula is C28H45N9O3. The minimum absolute atomic E-state index is 0.0132. The maximum absolute atomic E-state index is 13.0. The van der Waals surface area contributed by atoms with Crippen LogP contribution in [-0.4, -0.2) is 133 Å². The van der Waals surface area contributed by atoms with Crippen LogP contribution in [0.25, 0.3) is 0 Å². The van der Waals surface area contributed by atoms with Gasteiger partial charge in [0.05, 0.1) is 12.6 Å². The first-order valence-electron chi connectivity index (χ1n) is 15.6. The van der Waals surface area contributed by atoms with Crippen molar-refractivity contribution in [1.29, 1.82) is 0 Å². The summed E-state index contributed by atoms with van der Waals surface area (Å²) in [6.45, 7) is 9.94. The fraction of sp³-hybridized carbons (Fsp3) is 0.821. The molecule has 2 amide bonds. The van der Waals surface area contributed by atoms with E-state index in [0.29, 0.717) is 38.7 Å². The largest absolute Gasteiger partial charge is 0.447 e. The summed E-state index contributed by atoms with van der Waals surface area (Å²) in [7, 11) is 0. The van der Waals surface area contributed by atoms with Crippen molar-refractivity contribution < 1.29 is 14.3 Å². The molecule has 1 unspecified atom stereocenters. The van der Waals surface area contributed by atoms with E-state index in [1.54, 1.807) is 4.90 Å². The van der Waals surface area contributed by atoms with E-state index in [9.17, 15) is 9.59 Å². The van der Waals surface area contributed by atoms with Gasteiger partial charge in [0, 0.05) is 58.9 Å². The zero-order valence-electron chi connectivity index (χ0n) is 23.9. The van der Waals surface area contributed by atoms with E-state index >= 15 is 0 Å². The highest BCUT2D eigenvalue weighted by atomic mass is 16.6. The summed E-state index contributed by atoms with van der Waals surface area (Å²) in [6.07, 6.45) is 9.87. The van der Waals surface area contributed by atoms with Crippen molar-refractivity contribution in [3.63, 3.8) is 0 Å². The van der Waals surface area contributed by atoms with Gasteiger partial charge in [-0.25, -0.2) is 4.79 Å². The molecule has 6 rings (SSSR count). The smallest absolute Gasteiger partial charge is 0.409 e. The number of hydrogen-bond acceptors (Lipinski definition) is 10. The first kappa shape index (κ1) is 27.3. The molecule has 5 aliphatic rings. The van der Waals surface area contributed by atoms with Gasteiger partial charge in [-0.3, -0.25) is 9.69 Å². The van der Waals surface area contributed by atoms with Gasteiger partial charge in [-0.2, -0.15) is 15.0 Å². The van der Waals surface area contributed by atoms with Gasteiger partial charge in [-0.15, -0.1) is 0 Å². The van der Waals surface area contributed by atoms with Gasteiger partial charge in [-0.05, 0) is 64.5 Å². The van der Waals surface area contributed by atoms with E-state index in [2.05, 4.69) is 19.6 Å². The topological polar surface area (TPSA) is 101 Å². The summed E-state index contributed by atoms with van der Waals surface area (Å²) >= 11 is 0. The molecule has 0 spiro atoms. The lowest BCUT2D eigenvalue weighted by atomic mass is 10.1. The summed E-state index contributed by atoms with van der Waals surface area (Å²) in [5, 5.41) is 0. The first-order valence-corrected chi connectivity index (χ1v) is 15.6. The number of piperidine rings is 1. The molecule has 5 saturated heterocycles. The number of nitrogens with zero attached hydrogens (tertiary/aromatic N) is 9. The lowest BCUT2D eigenvalue weighted by Crippen LogP contribution is -2.50. The van der Waals surface area contributed by atoms with Crippen LogP contribution in [0.5, 0.6) is 0 Å². The van der Waals surface area contributed by atoms with E-state index in [1.807, 2.05) is 4.90 Å². The van der Waals surface area contributed by atoms with E-state index in [0.717, 1.165) is 70.6 Å². The van der Waals surface area contributed by atoms with Crippen LogP contribution >= 0.6 is 0 Å². The van der Waals surface area contributed by atoms with Gasteiger partial charge in [0.15, 0.2) is 0 Å². The highest BCUT2D eigenvalue weighted by Crippen LogP contribution is 2.25. The highest BCUT2D eigenvalue weighted by molar-refractivity contribution is 5.79. The van der Waals surface area contributed by atoms with E-state index in [1.165, 1.54) is 44.9 Å². The Balaban J connectivity index is 1.01. The Kier molecular flexibility index (Phi) is 8.69. The maximum Gasteiger partial charge on any atom is 0.409 e. The number of rotatable bonds is 7. The fourth-order valence-corrected chi connectivity index (χ4v) is 6.69. The predicted octanol–water partition coefficient (Wildman–Crippen LogP) is 1.81. The molecule has 12 nitrogen and oxygen atoms in total. The molecule has 0 saturated carbocycles. The molecule has 1 aromatic rings. The highest BCUT2D eigenvalue weighted by Gasteiger charge is 2.32. The number of carbonyl (C=O) groups excluding carboxylic acids is 2. The Morgan fingerprint density at radius 1 is 0.625 bits per heavy atom. The van der Waals surface area contributed by atoms with Crippen LogP contribution in [0.3, 0.4) is 0 Å². The summed E-state index contributed by atoms with van der Waals surface area (Å²) in [5.41, 5.74) is 0. The molecule has 220 valence electrons. The number of anilines is 3. The van der Waals surface area contributed by atoms with Crippen molar-refractivity contribution in [2.45, 2.75) is 63.8 Å². The SMILES string of the molecule is O=C(OCC1CCCN1C(=O)CN1CCCCC1)N1CCN(c2nc(N3CCCC3)nc(N3CCCC3)n2)CC1. The number of carbonyl (C=O) groups is 2. The van der Waals surface area contributed by atoms with E-state index < -0.39 is 0 Å². The zero-order valence-corrected chi connectivity index (χ0v) is 23.9. The summed E-state index contributed by atoms with van der Waals surface area (Å²) < 4.78 is 5.76. The number of amides is 2. The third-order valence-corrected chi connectivity index (χ3v) is 9.10. The second-order valence-electron chi connectivity index (χ2n) is 11.9.